The molecule has 1 aromatic heterocycles. The number of ether oxygens (including phenoxy) is 1. The van der Waals surface area contributed by atoms with Crippen LogP contribution < -0.4 is 10.1 Å². The van der Waals surface area contributed by atoms with Gasteiger partial charge in [-0.25, -0.2) is 4.98 Å². The molecular formula is C21H22N2O2S. The summed E-state index contributed by atoms with van der Waals surface area (Å²) in [5.41, 5.74) is 3.15. The Kier molecular flexibility index (Phi) is 5.68. The van der Waals surface area contributed by atoms with Gasteiger partial charge in [-0.2, -0.15) is 0 Å². The average molecular weight is 366 g/mol. The molecular weight excluding hydrogens is 344 g/mol. The number of anilines is 1. The molecule has 0 radical (unpaired) electrons. The SMILES string of the molecule is CCC(C)c1ccc2nc(NC(=O)/C=C/c3ccc(OC)cc3)sc2c1. The lowest BCUT2D eigenvalue weighted by Crippen LogP contribution is -2.07. The van der Waals surface area contributed by atoms with E-state index >= 15 is 0 Å². The topological polar surface area (TPSA) is 51.2 Å². The van der Waals surface area contributed by atoms with Crippen molar-refractivity contribution < 1.29 is 9.53 Å². The van der Waals surface area contributed by atoms with Crippen molar-refractivity contribution in [1.82, 2.24) is 4.98 Å². The summed E-state index contributed by atoms with van der Waals surface area (Å²) in [4.78, 5) is 16.6. The molecule has 0 saturated carbocycles. The smallest absolute Gasteiger partial charge is 0.250 e. The molecule has 1 N–H and O–H groups in total. The molecule has 3 aromatic rings. The molecule has 0 spiro atoms. The maximum absolute atomic E-state index is 12.2. The molecule has 0 bridgehead atoms. The minimum Gasteiger partial charge on any atom is -0.497 e. The molecule has 26 heavy (non-hydrogen) atoms. The van der Waals surface area contributed by atoms with Crippen molar-refractivity contribution in [3.8, 4) is 5.75 Å². The highest BCUT2D eigenvalue weighted by molar-refractivity contribution is 7.22. The minimum atomic E-state index is -0.193. The molecule has 0 saturated heterocycles. The molecule has 3 rings (SSSR count). The highest BCUT2D eigenvalue weighted by Gasteiger charge is 2.09. The summed E-state index contributed by atoms with van der Waals surface area (Å²) < 4.78 is 6.22. The first-order valence-electron chi connectivity index (χ1n) is 8.62. The van der Waals surface area contributed by atoms with Crippen LogP contribution >= 0.6 is 11.3 Å². The van der Waals surface area contributed by atoms with Crippen LogP contribution in [0.25, 0.3) is 16.3 Å². The number of fused-ring (bicyclic) bond motifs is 1. The Labute approximate surface area is 157 Å². The number of carbonyl (C=O) groups excluding carboxylic acids is 1. The summed E-state index contributed by atoms with van der Waals surface area (Å²) in [6.07, 6.45) is 4.38. The van der Waals surface area contributed by atoms with Gasteiger partial charge in [0.05, 0.1) is 17.3 Å². The van der Waals surface area contributed by atoms with Gasteiger partial charge in [0.25, 0.3) is 0 Å². The van der Waals surface area contributed by atoms with E-state index in [1.165, 1.54) is 23.0 Å². The van der Waals surface area contributed by atoms with Crippen LogP contribution in [0, 0.1) is 0 Å². The number of aromatic nitrogens is 1. The van der Waals surface area contributed by atoms with E-state index in [-0.39, 0.29) is 5.91 Å². The van der Waals surface area contributed by atoms with E-state index in [0.717, 1.165) is 28.0 Å². The van der Waals surface area contributed by atoms with Gasteiger partial charge in [-0.3, -0.25) is 10.1 Å². The number of carbonyl (C=O) groups is 1. The Morgan fingerprint density at radius 1 is 1.27 bits per heavy atom. The van der Waals surface area contributed by atoms with Crippen molar-refractivity contribution in [3.05, 3.63) is 59.7 Å². The largest absolute Gasteiger partial charge is 0.497 e. The van der Waals surface area contributed by atoms with Crippen LogP contribution in [-0.4, -0.2) is 18.0 Å². The van der Waals surface area contributed by atoms with Crippen molar-refractivity contribution in [3.63, 3.8) is 0 Å². The van der Waals surface area contributed by atoms with Crippen molar-refractivity contribution in [2.24, 2.45) is 0 Å². The van der Waals surface area contributed by atoms with E-state index in [0.29, 0.717) is 11.0 Å². The first-order valence-corrected chi connectivity index (χ1v) is 9.44. The normalized spacial score (nSPS) is 12.4. The standard InChI is InChI=1S/C21H22N2O2S/c1-4-14(2)16-8-11-18-19(13-16)26-21(22-18)23-20(24)12-7-15-5-9-17(25-3)10-6-15/h5-14H,4H2,1-3H3,(H,22,23,24)/b12-7+. The van der Waals surface area contributed by atoms with Gasteiger partial charge in [0.15, 0.2) is 5.13 Å². The third kappa shape index (κ3) is 4.29. The van der Waals surface area contributed by atoms with Gasteiger partial charge < -0.3 is 4.74 Å². The second kappa shape index (κ2) is 8.15. The fraction of sp³-hybridized carbons (Fsp3) is 0.238. The number of benzene rings is 2. The fourth-order valence-corrected chi connectivity index (χ4v) is 3.49. The number of rotatable bonds is 6. The summed E-state index contributed by atoms with van der Waals surface area (Å²) >= 11 is 1.50. The number of hydrogen-bond acceptors (Lipinski definition) is 4. The monoisotopic (exact) mass is 366 g/mol. The van der Waals surface area contributed by atoms with Crippen LogP contribution in [0.5, 0.6) is 5.75 Å². The number of nitrogens with zero attached hydrogens (tertiary/aromatic N) is 1. The predicted octanol–water partition coefficient (Wildman–Crippen LogP) is 5.47. The molecule has 0 aliphatic carbocycles. The quantitative estimate of drug-likeness (QED) is 0.589. The summed E-state index contributed by atoms with van der Waals surface area (Å²) in [7, 11) is 1.63. The van der Waals surface area contributed by atoms with Crippen molar-refractivity contribution >= 4 is 38.7 Å². The summed E-state index contributed by atoms with van der Waals surface area (Å²) in [6, 6.07) is 13.8. The first-order chi connectivity index (χ1) is 12.6. The molecule has 0 aliphatic heterocycles. The Balaban J connectivity index is 1.69. The molecule has 1 heterocycles. The number of methoxy groups -OCH3 is 1. The van der Waals surface area contributed by atoms with Gasteiger partial charge in [0, 0.05) is 6.08 Å². The Hall–Kier alpha value is -2.66. The molecule has 4 nitrogen and oxygen atoms in total. The van der Waals surface area contributed by atoms with Gasteiger partial charge in [-0.05, 0) is 53.8 Å². The van der Waals surface area contributed by atoms with E-state index in [9.17, 15) is 4.79 Å². The maximum Gasteiger partial charge on any atom is 0.250 e. The molecule has 1 unspecified atom stereocenters. The predicted molar refractivity (Wildman–Crippen MR) is 109 cm³/mol. The van der Waals surface area contributed by atoms with Crippen LogP contribution in [0.4, 0.5) is 5.13 Å². The van der Waals surface area contributed by atoms with Gasteiger partial charge in [-0.15, -0.1) is 0 Å². The molecule has 1 amide bonds. The zero-order valence-corrected chi connectivity index (χ0v) is 16.0. The van der Waals surface area contributed by atoms with Crippen LogP contribution in [0.3, 0.4) is 0 Å². The second-order valence-electron chi connectivity index (χ2n) is 6.15. The van der Waals surface area contributed by atoms with Gasteiger partial charge in [0.2, 0.25) is 5.91 Å². The van der Waals surface area contributed by atoms with Crippen LogP contribution in [0.2, 0.25) is 0 Å². The van der Waals surface area contributed by atoms with Gasteiger partial charge >= 0.3 is 0 Å². The van der Waals surface area contributed by atoms with E-state index < -0.39 is 0 Å². The number of thiazole rings is 1. The van der Waals surface area contributed by atoms with E-state index in [1.54, 1.807) is 13.2 Å². The van der Waals surface area contributed by atoms with Gasteiger partial charge in [0.1, 0.15) is 5.75 Å². The molecule has 1 atom stereocenters. The number of nitrogens with one attached hydrogen (secondary N) is 1. The Morgan fingerprint density at radius 2 is 2.04 bits per heavy atom. The lowest BCUT2D eigenvalue weighted by molar-refractivity contribution is -0.111. The first kappa shape index (κ1) is 18.1. The Morgan fingerprint density at radius 3 is 2.73 bits per heavy atom. The molecule has 0 aliphatic rings. The minimum absolute atomic E-state index is 0.193. The van der Waals surface area contributed by atoms with Crippen molar-refractivity contribution in [1.29, 1.82) is 0 Å². The van der Waals surface area contributed by atoms with Crippen molar-refractivity contribution in [2.45, 2.75) is 26.2 Å². The highest BCUT2D eigenvalue weighted by Crippen LogP contribution is 2.30. The lowest BCUT2D eigenvalue weighted by Gasteiger charge is -2.07. The van der Waals surface area contributed by atoms with Crippen LogP contribution in [-0.2, 0) is 4.79 Å². The number of amides is 1. The lowest BCUT2D eigenvalue weighted by atomic mass is 9.99. The zero-order chi connectivity index (χ0) is 18.5. The third-order valence-corrected chi connectivity index (χ3v) is 5.30. The van der Waals surface area contributed by atoms with Crippen molar-refractivity contribution in [2.75, 3.05) is 12.4 Å². The highest BCUT2D eigenvalue weighted by atomic mass is 32.1. The van der Waals surface area contributed by atoms with Gasteiger partial charge in [-0.1, -0.05) is 43.4 Å². The second-order valence-corrected chi connectivity index (χ2v) is 7.18. The molecule has 0 fully saturated rings. The van der Waals surface area contributed by atoms with Crippen LogP contribution in [0.15, 0.2) is 48.5 Å². The zero-order valence-electron chi connectivity index (χ0n) is 15.2. The van der Waals surface area contributed by atoms with E-state index in [1.807, 2.05) is 30.3 Å². The van der Waals surface area contributed by atoms with E-state index in [4.69, 9.17) is 4.74 Å². The third-order valence-electron chi connectivity index (χ3n) is 4.37. The van der Waals surface area contributed by atoms with E-state index in [2.05, 4.69) is 36.3 Å². The fourth-order valence-electron chi connectivity index (χ4n) is 2.57. The average Bonchev–Trinajstić information content (AvgIpc) is 3.07. The summed E-state index contributed by atoms with van der Waals surface area (Å²) in [5.74, 6) is 1.12. The summed E-state index contributed by atoms with van der Waals surface area (Å²) in [5, 5.41) is 3.46. The maximum atomic E-state index is 12.2. The molecule has 134 valence electrons. The number of hydrogen-bond donors (Lipinski definition) is 1. The summed E-state index contributed by atoms with van der Waals surface area (Å²) in [6.45, 7) is 4.40. The molecule has 2 aromatic carbocycles. The molecule has 5 heteroatoms. The van der Waals surface area contributed by atoms with Crippen LogP contribution in [0.1, 0.15) is 37.3 Å². The Bertz CT molecular complexity index is 929.